The van der Waals surface area contributed by atoms with Gasteiger partial charge in [0.25, 0.3) is 0 Å². The quantitative estimate of drug-likeness (QED) is 0.576. The zero-order chi connectivity index (χ0) is 10.7. The lowest BCUT2D eigenvalue weighted by atomic mass is 9.91. The lowest BCUT2D eigenvalue weighted by molar-refractivity contribution is -0.137. The number of amides is 2. The van der Waals surface area contributed by atoms with Crippen LogP contribution in [-0.2, 0) is 14.3 Å². The number of hydrogen-bond donors (Lipinski definition) is 2. The zero-order valence-corrected chi connectivity index (χ0v) is 8.45. The summed E-state index contributed by atoms with van der Waals surface area (Å²) in [5.74, 6) is -1.00. The standard InChI is InChI=1S/C9H16N2O3/c1-5(2)6-3-14-4-7(6)11-9(13)8(10)12/h5-7H,3-4H2,1-2H3,(H2,10,12)(H,11,13)/t6-,7+/m1/s1. The molecule has 3 N–H and O–H groups in total. The Balaban J connectivity index is 2.51. The van der Waals surface area contributed by atoms with Gasteiger partial charge in [-0.3, -0.25) is 9.59 Å². The minimum absolute atomic E-state index is 0.0880. The van der Waals surface area contributed by atoms with Crippen LogP contribution in [-0.4, -0.2) is 31.1 Å². The molecule has 0 aromatic carbocycles. The number of carbonyl (C=O) groups excluding carboxylic acids is 2. The van der Waals surface area contributed by atoms with Crippen molar-refractivity contribution in [3.05, 3.63) is 0 Å². The van der Waals surface area contributed by atoms with Crippen LogP contribution in [0, 0.1) is 11.8 Å². The van der Waals surface area contributed by atoms with Gasteiger partial charge in [-0.15, -0.1) is 0 Å². The fourth-order valence-corrected chi connectivity index (χ4v) is 1.62. The lowest BCUT2D eigenvalue weighted by Crippen LogP contribution is -2.46. The number of hydrogen-bond acceptors (Lipinski definition) is 3. The molecule has 0 unspecified atom stereocenters. The molecule has 14 heavy (non-hydrogen) atoms. The molecular weight excluding hydrogens is 184 g/mol. The third-order valence-corrected chi connectivity index (χ3v) is 2.52. The second-order valence-electron chi connectivity index (χ2n) is 3.89. The van der Waals surface area contributed by atoms with Crippen molar-refractivity contribution in [1.82, 2.24) is 5.32 Å². The van der Waals surface area contributed by atoms with E-state index in [0.29, 0.717) is 19.1 Å². The van der Waals surface area contributed by atoms with Crippen molar-refractivity contribution < 1.29 is 14.3 Å². The molecule has 0 aromatic rings. The van der Waals surface area contributed by atoms with Crippen LogP contribution in [0.2, 0.25) is 0 Å². The molecule has 5 heteroatoms. The van der Waals surface area contributed by atoms with E-state index >= 15 is 0 Å². The highest BCUT2D eigenvalue weighted by Crippen LogP contribution is 2.21. The molecule has 0 aromatic heterocycles. The molecule has 1 fully saturated rings. The van der Waals surface area contributed by atoms with Crippen LogP contribution in [0.3, 0.4) is 0 Å². The number of nitrogens with one attached hydrogen (secondary N) is 1. The average Bonchev–Trinajstić information content (AvgIpc) is 2.52. The van der Waals surface area contributed by atoms with E-state index in [4.69, 9.17) is 10.5 Å². The summed E-state index contributed by atoms with van der Waals surface area (Å²) in [6, 6.07) is -0.0880. The first-order valence-electron chi connectivity index (χ1n) is 4.70. The van der Waals surface area contributed by atoms with Gasteiger partial charge < -0.3 is 15.8 Å². The SMILES string of the molecule is CC(C)[C@H]1COC[C@@H]1NC(=O)C(N)=O. The Hall–Kier alpha value is -1.10. The smallest absolute Gasteiger partial charge is 0.309 e. The number of carbonyl (C=O) groups is 2. The molecule has 1 rings (SSSR count). The first-order valence-corrected chi connectivity index (χ1v) is 4.70. The highest BCUT2D eigenvalue weighted by molar-refractivity contribution is 6.34. The number of primary amides is 1. The van der Waals surface area contributed by atoms with Crippen LogP contribution in [0.15, 0.2) is 0 Å². The van der Waals surface area contributed by atoms with Gasteiger partial charge in [-0.2, -0.15) is 0 Å². The van der Waals surface area contributed by atoms with Gasteiger partial charge in [0.1, 0.15) is 0 Å². The summed E-state index contributed by atoms with van der Waals surface area (Å²) in [7, 11) is 0. The van der Waals surface area contributed by atoms with E-state index in [1.807, 2.05) is 0 Å². The number of nitrogens with two attached hydrogens (primary N) is 1. The van der Waals surface area contributed by atoms with Crippen LogP contribution >= 0.6 is 0 Å². The molecule has 0 bridgehead atoms. The van der Waals surface area contributed by atoms with Gasteiger partial charge in [0, 0.05) is 5.92 Å². The molecule has 80 valence electrons. The third kappa shape index (κ3) is 2.45. The Bertz CT molecular complexity index is 240. The zero-order valence-electron chi connectivity index (χ0n) is 8.45. The van der Waals surface area contributed by atoms with E-state index in [-0.39, 0.29) is 12.0 Å². The van der Waals surface area contributed by atoms with Gasteiger partial charge in [0.15, 0.2) is 0 Å². The highest BCUT2D eigenvalue weighted by atomic mass is 16.5. The third-order valence-electron chi connectivity index (χ3n) is 2.52. The fraction of sp³-hybridized carbons (Fsp3) is 0.778. The minimum atomic E-state index is -0.945. The molecule has 0 saturated carbocycles. The van der Waals surface area contributed by atoms with Crippen LogP contribution in [0.5, 0.6) is 0 Å². The molecule has 1 aliphatic heterocycles. The first kappa shape index (κ1) is 11.0. The maximum absolute atomic E-state index is 11.0. The lowest BCUT2D eigenvalue weighted by Gasteiger charge is -2.21. The maximum atomic E-state index is 11.0. The normalized spacial score (nSPS) is 26.5. The summed E-state index contributed by atoms with van der Waals surface area (Å²) in [5, 5.41) is 2.57. The van der Waals surface area contributed by atoms with Crippen LogP contribution in [0.25, 0.3) is 0 Å². The molecule has 0 spiro atoms. The molecule has 1 heterocycles. The van der Waals surface area contributed by atoms with E-state index in [1.165, 1.54) is 0 Å². The van der Waals surface area contributed by atoms with Gasteiger partial charge in [-0.05, 0) is 5.92 Å². The van der Waals surface area contributed by atoms with Crippen molar-refractivity contribution in [3.8, 4) is 0 Å². The van der Waals surface area contributed by atoms with Crippen molar-refractivity contribution in [2.24, 2.45) is 17.6 Å². The molecule has 1 aliphatic rings. The molecule has 5 nitrogen and oxygen atoms in total. The molecule has 2 amide bonds. The Morgan fingerprint density at radius 1 is 1.43 bits per heavy atom. The van der Waals surface area contributed by atoms with Crippen LogP contribution < -0.4 is 11.1 Å². The molecule has 0 aliphatic carbocycles. The summed E-state index contributed by atoms with van der Waals surface area (Å²) >= 11 is 0. The van der Waals surface area contributed by atoms with Gasteiger partial charge in [-0.1, -0.05) is 13.8 Å². The summed E-state index contributed by atoms with van der Waals surface area (Å²) in [6.07, 6.45) is 0. The number of ether oxygens (including phenoxy) is 1. The second-order valence-corrected chi connectivity index (χ2v) is 3.89. The van der Waals surface area contributed by atoms with Crippen molar-refractivity contribution in [3.63, 3.8) is 0 Å². The summed E-state index contributed by atoms with van der Waals surface area (Å²) in [6.45, 7) is 5.20. The van der Waals surface area contributed by atoms with Crippen molar-refractivity contribution in [2.45, 2.75) is 19.9 Å². The van der Waals surface area contributed by atoms with Crippen LogP contribution in [0.1, 0.15) is 13.8 Å². The van der Waals surface area contributed by atoms with Crippen molar-refractivity contribution >= 4 is 11.8 Å². The number of rotatable bonds is 2. The summed E-state index contributed by atoms with van der Waals surface area (Å²) in [4.78, 5) is 21.6. The van der Waals surface area contributed by atoms with E-state index in [2.05, 4.69) is 19.2 Å². The topological polar surface area (TPSA) is 81.4 Å². The fourth-order valence-electron chi connectivity index (χ4n) is 1.62. The second kappa shape index (κ2) is 4.41. The predicted molar refractivity (Wildman–Crippen MR) is 50.3 cm³/mol. The van der Waals surface area contributed by atoms with Gasteiger partial charge in [-0.25, -0.2) is 0 Å². The van der Waals surface area contributed by atoms with Gasteiger partial charge >= 0.3 is 11.8 Å². The van der Waals surface area contributed by atoms with Gasteiger partial charge in [0.2, 0.25) is 0 Å². The van der Waals surface area contributed by atoms with Gasteiger partial charge in [0.05, 0.1) is 19.3 Å². The first-order chi connectivity index (χ1) is 6.52. The van der Waals surface area contributed by atoms with Crippen molar-refractivity contribution in [1.29, 1.82) is 0 Å². The van der Waals surface area contributed by atoms with Crippen molar-refractivity contribution in [2.75, 3.05) is 13.2 Å². The summed E-state index contributed by atoms with van der Waals surface area (Å²) in [5.41, 5.74) is 4.84. The molecule has 0 radical (unpaired) electrons. The Morgan fingerprint density at radius 3 is 2.57 bits per heavy atom. The van der Waals surface area contributed by atoms with E-state index in [9.17, 15) is 9.59 Å². The maximum Gasteiger partial charge on any atom is 0.309 e. The molecular formula is C9H16N2O3. The predicted octanol–water partition coefficient (Wildman–Crippen LogP) is -0.741. The van der Waals surface area contributed by atoms with E-state index in [1.54, 1.807) is 0 Å². The Kier molecular flexibility index (Phi) is 3.46. The molecule has 2 atom stereocenters. The Labute approximate surface area is 83.0 Å². The minimum Gasteiger partial charge on any atom is -0.379 e. The largest absolute Gasteiger partial charge is 0.379 e. The summed E-state index contributed by atoms with van der Waals surface area (Å²) < 4.78 is 5.24. The molecule has 1 saturated heterocycles. The van der Waals surface area contributed by atoms with Crippen LogP contribution in [0.4, 0.5) is 0 Å². The van der Waals surface area contributed by atoms with E-state index < -0.39 is 11.8 Å². The Morgan fingerprint density at radius 2 is 2.07 bits per heavy atom. The average molecular weight is 200 g/mol. The monoisotopic (exact) mass is 200 g/mol. The highest BCUT2D eigenvalue weighted by Gasteiger charge is 2.32. The van der Waals surface area contributed by atoms with E-state index in [0.717, 1.165) is 0 Å².